The first-order chi connectivity index (χ1) is 11.5. The van der Waals surface area contributed by atoms with Crippen LogP contribution in [0.1, 0.15) is 19.3 Å². The maximum absolute atomic E-state index is 12.4. The van der Waals surface area contributed by atoms with E-state index in [1.54, 1.807) is 24.3 Å². The van der Waals surface area contributed by atoms with Crippen LogP contribution in [-0.2, 0) is 16.1 Å². The van der Waals surface area contributed by atoms with Gasteiger partial charge in [-0.1, -0.05) is 12.1 Å². The fourth-order valence-corrected chi connectivity index (χ4v) is 3.06. The standard InChI is InChI=1S/C16H17N3O5/c20-13(18-8-3-6-12(18)15(22)23)7-9-19-14(21)10-4-1-2-5-11(10)17-16(19)24/h1-2,4-5,12H,3,6-9H2,(H,17,24)(H,22,23)/p-1/t12-/m0/s1. The number of aliphatic carboxylic acids is 1. The molecule has 0 radical (unpaired) electrons. The minimum absolute atomic E-state index is 0.103. The molecule has 1 atom stereocenters. The lowest BCUT2D eigenvalue weighted by Gasteiger charge is -2.25. The Morgan fingerprint density at radius 3 is 2.75 bits per heavy atom. The Hall–Kier alpha value is -2.90. The molecule has 24 heavy (non-hydrogen) atoms. The number of H-pyrrole nitrogens is 1. The third-order valence-corrected chi connectivity index (χ3v) is 4.28. The second kappa shape index (κ2) is 6.31. The van der Waals surface area contributed by atoms with Crippen LogP contribution in [0.15, 0.2) is 33.9 Å². The van der Waals surface area contributed by atoms with Crippen molar-refractivity contribution in [2.24, 2.45) is 0 Å². The highest BCUT2D eigenvalue weighted by atomic mass is 16.4. The Labute approximate surface area is 136 Å². The van der Waals surface area contributed by atoms with Crippen LogP contribution in [0, 0.1) is 0 Å². The Morgan fingerprint density at radius 1 is 1.25 bits per heavy atom. The van der Waals surface area contributed by atoms with Crippen LogP contribution < -0.4 is 16.4 Å². The van der Waals surface area contributed by atoms with E-state index in [4.69, 9.17) is 0 Å². The number of nitrogens with zero attached hydrogens (tertiary/aromatic N) is 2. The van der Waals surface area contributed by atoms with Gasteiger partial charge in [0.05, 0.1) is 22.9 Å². The zero-order valence-corrected chi connectivity index (χ0v) is 12.9. The number of aromatic amines is 1. The van der Waals surface area contributed by atoms with Crippen LogP contribution in [0.25, 0.3) is 10.9 Å². The molecule has 0 aliphatic carbocycles. The lowest BCUT2D eigenvalue weighted by atomic mass is 10.2. The molecule has 126 valence electrons. The molecule has 0 unspecified atom stereocenters. The predicted octanol–water partition coefficient (Wildman–Crippen LogP) is -1.18. The number of hydrogen-bond donors (Lipinski definition) is 1. The van der Waals surface area contributed by atoms with Gasteiger partial charge in [0.1, 0.15) is 0 Å². The van der Waals surface area contributed by atoms with E-state index in [1.165, 1.54) is 4.90 Å². The zero-order chi connectivity index (χ0) is 17.3. The molecule has 2 heterocycles. The Kier molecular flexibility index (Phi) is 4.20. The largest absolute Gasteiger partial charge is 0.548 e. The van der Waals surface area contributed by atoms with Gasteiger partial charge in [-0.25, -0.2) is 4.79 Å². The number of carboxylic acids is 1. The SMILES string of the molecule is O=C([O-])[C@@H]1CCCN1C(=O)CCn1c(=O)[nH]c2ccccc2c1=O. The van der Waals surface area contributed by atoms with Gasteiger partial charge in [0.2, 0.25) is 5.91 Å². The van der Waals surface area contributed by atoms with E-state index in [0.717, 1.165) is 4.57 Å². The summed E-state index contributed by atoms with van der Waals surface area (Å²) in [5.41, 5.74) is -0.629. The monoisotopic (exact) mass is 330 g/mol. The van der Waals surface area contributed by atoms with Crippen molar-refractivity contribution in [3.8, 4) is 0 Å². The first-order valence-corrected chi connectivity index (χ1v) is 7.71. The van der Waals surface area contributed by atoms with Crippen LogP contribution in [-0.4, -0.2) is 38.9 Å². The molecule has 3 rings (SSSR count). The second-order valence-corrected chi connectivity index (χ2v) is 5.75. The number of likely N-dealkylation sites (tertiary alicyclic amines) is 1. The third kappa shape index (κ3) is 2.82. The third-order valence-electron chi connectivity index (χ3n) is 4.28. The molecule has 1 saturated heterocycles. The number of rotatable bonds is 4. The smallest absolute Gasteiger partial charge is 0.328 e. The number of para-hydroxylation sites is 1. The number of nitrogens with one attached hydrogen (secondary N) is 1. The van der Waals surface area contributed by atoms with Crippen molar-refractivity contribution in [3.63, 3.8) is 0 Å². The Bertz CT molecular complexity index is 914. The number of fused-ring (bicyclic) bond motifs is 1. The lowest BCUT2D eigenvalue weighted by Crippen LogP contribution is -2.47. The van der Waals surface area contributed by atoms with Gasteiger partial charge in [0.25, 0.3) is 5.56 Å². The van der Waals surface area contributed by atoms with E-state index in [9.17, 15) is 24.3 Å². The van der Waals surface area contributed by atoms with Gasteiger partial charge in [0, 0.05) is 19.5 Å². The quantitative estimate of drug-likeness (QED) is 0.758. The summed E-state index contributed by atoms with van der Waals surface area (Å²) in [6.07, 6.45) is 0.844. The summed E-state index contributed by atoms with van der Waals surface area (Å²) in [4.78, 5) is 51.5. The molecule has 8 nitrogen and oxygen atoms in total. The number of aromatic nitrogens is 2. The van der Waals surface area contributed by atoms with Crippen molar-refractivity contribution >= 4 is 22.8 Å². The predicted molar refractivity (Wildman–Crippen MR) is 83.2 cm³/mol. The number of benzene rings is 1. The number of carbonyl (C=O) groups is 2. The second-order valence-electron chi connectivity index (χ2n) is 5.75. The van der Waals surface area contributed by atoms with Gasteiger partial charge in [0.15, 0.2) is 0 Å². The van der Waals surface area contributed by atoms with Gasteiger partial charge in [-0.3, -0.25) is 14.2 Å². The van der Waals surface area contributed by atoms with Gasteiger partial charge in [-0.15, -0.1) is 0 Å². The zero-order valence-electron chi connectivity index (χ0n) is 12.9. The molecule has 0 spiro atoms. The van der Waals surface area contributed by atoms with Gasteiger partial charge >= 0.3 is 5.69 Å². The molecule has 1 fully saturated rings. The molecule has 1 N–H and O–H groups in total. The van der Waals surface area contributed by atoms with E-state index in [0.29, 0.717) is 30.3 Å². The maximum Gasteiger partial charge on any atom is 0.328 e. The van der Waals surface area contributed by atoms with Crippen LogP contribution in [0.4, 0.5) is 0 Å². The van der Waals surface area contributed by atoms with Crippen molar-refractivity contribution in [2.45, 2.75) is 31.8 Å². The van der Waals surface area contributed by atoms with Crippen molar-refractivity contribution < 1.29 is 14.7 Å². The molecule has 1 aliphatic rings. The first-order valence-electron chi connectivity index (χ1n) is 7.71. The Balaban J connectivity index is 1.81. The van der Waals surface area contributed by atoms with Crippen LogP contribution in [0.2, 0.25) is 0 Å². The van der Waals surface area contributed by atoms with E-state index in [1.807, 2.05) is 0 Å². The summed E-state index contributed by atoms with van der Waals surface area (Å²) in [6.45, 7) is 0.245. The van der Waals surface area contributed by atoms with E-state index in [-0.39, 0.29) is 13.0 Å². The molecule has 0 saturated carbocycles. The molecule has 2 aromatic rings. The van der Waals surface area contributed by atoms with E-state index < -0.39 is 29.2 Å². The fraction of sp³-hybridized carbons (Fsp3) is 0.375. The van der Waals surface area contributed by atoms with Crippen LogP contribution in [0.3, 0.4) is 0 Å². The maximum atomic E-state index is 12.4. The highest BCUT2D eigenvalue weighted by molar-refractivity contribution is 5.83. The molecule has 0 bridgehead atoms. The summed E-state index contributed by atoms with van der Waals surface area (Å²) < 4.78 is 0.963. The molecule has 1 aromatic carbocycles. The summed E-state index contributed by atoms with van der Waals surface area (Å²) in [5.74, 6) is -1.68. The van der Waals surface area contributed by atoms with E-state index in [2.05, 4.69) is 4.98 Å². The normalized spacial score (nSPS) is 17.3. The molecule has 1 aliphatic heterocycles. The van der Waals surface area contributed by atoms with Crippen molar-refractivity contribution in [1.29, 1.82) is 0 Å². The lowest BCUT2D eigenvalue weighted by molar-refractivity contribution is -0.310. The Morgan fingerprint density at radius 2 is 2.00 bits per heavy atom. The highest BCUT2D eigenvalue weighted by Gasteiger charge is 2.29. The van der Waals surface area contributed by atoms with Crippen LogP contribution in [0.5, 0.6) is 0 Å². The summed E-state index contributed by atoms with van der Waals surface area (Å²) in [7, 11) is 0. The first kappa shape index (κ1) is 16.0. The topological polar surface area (TPSA) is 115 Å². The van der Waals surface area contributed by atoms with Crippen molar-refractivity contribution in [3.05, 3.63) is 45.1 Å². The fourth-order valence-electron chi connectivity index (χ4n) is 3.06. The number of carbonyl (C=O) groups excluding carboxylic acids is 2. The molecule has 8 heteroatoms. The molecular formula is C16H16N3O5-. The minimum atomic E-state index is -1.28. The van der Waals surface area contributed by atoms with Gasteiger partial charge in [-0.2, -0.15) is 0 Å². The van der Waals surface area contributed by atoms with Gasteiger partial charge in [-0.05, 0) is 25.0 Å². The number of carboxylic acid groups (broad SMARTS) is 1. The van der Waals surface area contributed by atoms with Crippen LogP contribution >= 0.6 is 0 Å². The molecule has 1 amide bonds. The summed E-state index contributed by atoms with van der Waals surface area (Å²) >= 11 is 0. The average molecular weight is 330 g/mol. The van der Waals surface area contributed by atoms with Crippen molar-refractivity contribution in [1.82, 2.24) is 14.5 Å². The average Bonchev–Trinajstić information content (AvgIpc) is 3.04. The number of hydrogen-bond acceptors (Lipinski definition) is 5. The van der Waals surface area contributed by atoms with Gasteiger partial charge < -0.3 is 19.8 Å². The molecular weight excluding hydrogens is 314 g/mol. The summed E-state index contributed by atoms with van der Waals surface area (Å²) in [6, 6.07) is 5.69. The van der Waals surface area contributed by atoms with Crippen molar-refractivity contribution in [2.75, 3.05) is 6.54 Å². The minimum Gasteiger partial charge on any atom is -0.548 e. The highest BCUT2D eigenvalue weighted by Crippen LogP contribution is 2.17. The molecule has 1 aromatic heterocycles. The summed E-state index contributed by atoms with van der Waals surface area (Å²) in [5, 5.41) is 11.4. The van der Waals surface area contributed by atoms with E-state index >= 15 is 0 Å². The number of amides is 1.